The van der Waals surface area contributed by atoms with Crippen LogP contribution in [0.5, 0.6) is 11.5 Å². The smallest absolute Gasteiger partial charge is 0.345 e. The lowest BCUT2D eigenvalue weighted by Crippen LogP contribution is -2.16. The summed E-state index contributed by atoms with van der Waals surface area (Å²) in [5.41, 5.74) is -0.0197. The molecule has 222 valence electrons. The fourth-order valence-corrected chi connectivity index (χ4v) is 4.76. The number of carbonyl (C=O) groups excluding carboxylic acids is 1. The average Bonchev–Trinajstić information content (AvgIpc) is 2.93. The number of aliphatic carboxylic acids is 1. The van der Waals surface area contributed by atoms with E-state index in [0.717, 1.165) is 19.3 Å². The highest BCUT2D eigenvalue weighted by Gasteiger charge is 2.19. The quantitative estimate of drug-likeness (QED) is 0.0417. The second-order valence-corrected chi connectivity index (χ2v) is 10.6. The van der Waals surface area contributed by atoms with Crippen LogP contribution in [-0.4, -0.2) is 35.9 Å². The van der Waals surface area contributed by atoms with Crippen LogP contribution in [0.15, 0.2) is 23.8 Å². The van der Waals surface area contributed by atoms with E-state index in [0.29, 0.717) is 5.56 Å². The van der Waals surface area contributed by atoms with E-state index in [1.54, 1.807) is 0 Å². The molecule has 0 atom stereocenters. The largest absolute Gasteiger partial charge is 0.504 e. The molecule has 0 saturated carbocycles. The zero-order valence-corrected chi connectivity index (χ0v) is 24.7. The Hall–Kier alpha value is -2.50. The Bertz CT molecular complexity index is 816. The van der Waals surface area contributed by atoms with Crippen molar-refractivity contribution in [2.45, 2.75) is 135 Å². The maximum atomic E-state index is 12.3. The molecule has 1 aromatic carbocycles. The molecular weight excluding hydrogens is 492 g/mol. The van der Waals surface area contributed by atoms with Crippen LogP contribution in [0.1, 0.15) is 141 Å². The number of carboxylic acid groups (broad SMARTS) is 1. The van der Waals surface area contributed by atoms with E-state index in [1.165, 1.54) is 141 Å². The molecule has 6 heteroatoms. The summed E-state index contributed by atoms with van der Waals surface area (Å²) in [6.45, 7) is 2.48. The summed E-state index contributed by atoms with van der Waals surface area (Å²) in [5, 5.41) is 19.1. The molecule has 1 rings (SSSR count). The highest BCUT2D eigenvalue weighted by atomic mass is 16.5. The van der Waals surface area contributed by atoms with E-state index < -0.39 is 17.5 Å². The Morgan fingerprint density at radius 1 is 0.718 bits per heavy atom. The Morgan fingerprint density at radius 2 is 1.15 bits per heavy atom. The number of carbonyl (C=O) groups is 2. The molecule has 0 radical (unpaired) electrons. The van der Waals surface area contributed by atoms with Gasteiger partial charge in [-0.3, -0.25) is 0 Å². The van der Waals surface area contributed by atoms with Gasteiger partial charge in [0.1, 0.15) is 5.57 Å². The molecule has 2 N–H and O–H groups in total. The SMILES string of the molecule is CCCCCCCCCCCCCCCCCCCCCCOC(=O)C(=Cc1ccc(O)c(OC)c1)C(=O)O. The van der Waals surface area contributed by atoms with Gasteiger partial charge in [-0.1, -0.05) is 135 Å². The number of esters is 1. The second-order valence-electron chi connectivity index (χ2n) is 10.6. The van der Waals surface area contributed by atoms with Crippen molar-refractivity contribution in [1.29, 1.82) is 0 Å². The number of phenolic OH excluding ortho intramolecular Hbond substituents is 1. The number of methoxy groups -OCH3 is 1. The van der Waals surface area contributed by atoms with E-state index in [1.807, 2.05) is 0 Å². The van der Waals surface area contributed by atoms with Gasteiger partial charge < -0.3 is 19.7 Å². The molecule has 0 aliphatic carbocycles. The van der Waals surface area contributed by atoms with Crippen molar-refractivity contribution in [2.75, 3.05) is 13.7 Å². The Balaban J connectivity index is 1.99. The lowest BCUT2D eigenvalue weighted by molar-refractivity contribution is -0.144. The van der Waals surface area contributed by atoms with Crippen LogP contribution in [0.3, 0.4) is 0 Å². The lowest BCUT2D eigenvalue weighted by atomic mass is 10.0. The monoisotopic (exact) mass is 546 g/mol. The van der Waals surface area contributed by atoms with Crippen LogP contribution < -0.4 is 4.74 Å². The first-order valence-corrected chi connectivity index (χ1v) is 15.5. The van der Waals surface area contributed by atoms with Crippen LogP contribution in [0.2, 0.25) is 0 Å². The van der Waals surface area contributed by atoms with Crippen molar-refractivity contribution in [1.82, 2.24) is 0 Å². The molecule has 0 aromatic heterocycles. The third-order valence-corrected chi connectivity index (χ3v) is 7.20. The zero-order chi connectivity index (χ0) is 28.6. The molecule has 0 unspecified atom stereocenters. The first kappa shape index (κ1) is 34.5. The number of ether oxygens (including phenoxy) is 2. The average molecular weight is 547 g/mol. The van der Waals surface area contributed by atoms with Crippen molar-refractivity contribution in [3.8, 4) is 11.5 Å². The maximum absolute atomic E-state index is 12.3. The maximum Gasteiger partial charge on any atom is 0.345 e. The zero-order valence-electron chi connectivity index (χ0n) is 24.7. The molecule has 0 bridgehead atoms. The van der Waals surface area contributed by atoms with E-state index in [4.69, 9.17) is 9.47 Å². The minimum Gasteiger partial charge on any atom is -0.504 e. The molecule has 0 heterocycles. The van der Waals surface area contributed by atoms with Crippen molar-refractivity contribution < 1.29 is 29.3 Å². The fraction of sp³-hybridized carbons (Fsp3) is 0.697. The van der Waals surface area contributed by atoms with Crippen molar-refractivity contribution >= 4 is 18.0 Å². The van der Waals surface area contributed by atoms with Gasteiger partial charge in [-0.2, -0.15) is 0 Å². The highest BCUT2D eigenvalue weighted by Crippen LogP contribution is 2.27. The van der Waals surface area contributed by atoms with Crippen LogP contribution >= 0.6 is 0 Å². The van der Waals surface area contributed by atoms with Crippen LogP contribution in [0.25, 0.3) is 6.08 Å². The standard InChI is InChI=1S/C33H54O6/c1-3-4-5-6-7-8-9-10-11-12-13-14-15-16-17-18-19-20-21-22-25-39-33(37)29(32(35)36)26-28-23-24-30(34)31(27-28)38-2/h23-24,26-27,34H,3-22,25H2,1-2H3,(H,35,36). The number of unbranched alkanes of at least 4 members (excludes halogenated alkanes) is 19. The Kier molecular flexibility index (Phi) is 20.7. The topological polar surface area (TPSA) is 93.1 Å². The molecule has 0 amide bonds. The summed E-state index contributed by atoms with van der Waals surface area (Å²) in [6, 6.07) is 4.35. The van der Waals surface area contributed by atoms with E-state index in [9.17, 15) is 19.8 Å². The molecule has 0 spiro atoms. The third kappa shape index (κ3) is 17.7. The first-order valence-electron chi connectivity index (χ1n) is 15.5. The molecule has 39 heavy (non-hydrogen) atoms. The first-order chi connectivity index (χ1) is 19.0. The molecule has 0 saturated heterocycles. The number of hydrogen-bond donors (Lipinski definition) is 2. The van der Waals surface area contributed by atoms with Crippen LogP contribution in [0, 0.1) is 0 Å². The third-order valence-electron chi connectivity index (χ3n) is 7.20. The predicted molar refractivity (Wildman–Crippen MR) is 159 cm³/mol. The van der Waals surface area contributed by atoms with Crippen molar-refractivity contribution in [3.05, 3.63) is 29.3 Å². The number of benzene rings is 1. The van der Waals surface area contributed by atoms with Gasteiger partial charge in [-0.25, -0.2) is 9.59 Å². The Labute approximate surface area is 237 Å². The summed E-state index contributed by atoms with van der Waals surface area (Å²) < 4.78 is 10.2. The molecule has 0 aliphatic rings. The van der Waals surface area contributed by atoms with Gasteiger partial charge in [0.05, 0.1) is 13.7 Å². The van der Waals surface area contributed by atoms with Gasteiger partial charge in [-0.05, 0) is 30.2 Å². The van der Waals surface area contributed by atoms with Crippen LogP contribution in [-0.2, 0) is 14.3 Å². The number of phenols is 1. The summed E-state index contributed by atoms with van der Waals surface area (Å²) in [4.78, 5) is 23.8. The minimum atomic E-state index is -1.35. The number of rotatable bonds is 25. The normalized spacial score (nSPS) is 11.5. The minimum absolute atomic E-state index is 0.0614. The summed E-state index contributed by atoms with van der Waals surface area (Å²) in [6.07, 6.45) is 27.3. The molecular formula is C33H54O6. The highest BCUT2D eigenvalue weighted by molar-refractivity contribution is 6.17. The van der Waals surface area contributed by atoms with Gasteiger partial charge in [0.2, 0.25) is 0 Å². The van der Waals surface area contributed by atoms with E-state index in [-0.39, 0.29) is 18.1 Å². The summed E-state index contributed by atoms with van der Waals surface area (Å²) >= 11 is 0. The van der Waals surface area contributed by atoms with E-state index >= 15 is 0 Å². The molecule has 0 fully saturated rings. The van der Waals surface area contributed by atoms with Gasteiger partial charge in [-0.15, -0.1) is 0 Å². The molecule has 1 aromatic rings. The summed E-state index contributed by atoms with van der Waals surface area (Å²) in [7, 11) is 1.40. The fourth-order valence-electron chi connectivity index (χ4n) is 4.76. The number of hydrogen-bond acceptors (Lipinski definition) is 5. The predicted octanol–water partition coefficient (Wildman–Crippen LogP) is 9.23. The number of aromatic hydroxyl groups is 1. The lowest BCUT2D eigenvalue weighted by Gasteiger charge is -2.07. The Morgan fingerprint density at radius 3 is 1.56 bits per heavy atom. The summed E-state index contributed by atoms with van der Waals surface area (Å²) in [5.74, 6) is -2.07. The van der Waals surface area contributed by atoms with Crippen LogP contribution in [0.4, 0.5) is 0 Å². The van der Waals surface area contributed by atoms with Gasteiger partial charge >= 0.3 is 11.9 Å². The van der Waals surface area contributed by atoms with Gasteiger partial charge in [0, 0.05) is 0 Å². The van der Waals surface area contributed by atoms with Crippen molar-refractivity contribution in [2.24, 2.45) is 0 Å². The second kappa shape index (κ2) is 23.4. The van der Waals surface area contributed by atoms with Gasteiger partial charge in [0.15, 0.2) is 11.5 Å². The number of carboxylic acids is 1. The van der Waals surface area contributed by atoms with Gasteiger partial charge in [0.25, 0.3) is 0 Å². The van der Waals surface area contributed by atoms with E-state index in [2.05, 4.69) is 6.92 Å². The van der Waals surface area contributed by atoms with Crippen molar-refractivity contribution in [3.63, 3.8) is 0 Å². The molecule has 0 aliphatic heterocycles. The molecule has 6 nitrogen and oxygen atoms in total.